The quantitative estimate of drug-likeness (QED) is 0.488. The van der Waals surface area contributed by atoms with Gasteiger partial charge < -0.3 is 9.47 Å². The highest BCUT2D eigenvalue weighted by atomic mass is 16.6. The van der Waals surface area contributed by atoms with Gasteiger partial charge >= 0.3 is 5.97 Å². The molecule has 0 bridgehead atoms. The molecule has 0 amide bonds. The Kier molecular flexibility index (Phi) is 3.99. The molecule has 0 saturated heterocycles. The van der Waals surface area contributed by atoms with Gasteiger partial charge in [0.1, 0.15) is 11.9 Å². The fourth-order valence-electron chi connectivity index (χ4n) is 2.67. The molecule has 0 fully saturated rings. The smallest absolute Gasteiger partial charge is 0.337 e. The molecule has 0 unspecified atom stereocenters. The van der Waals surface area contributed by atoms with Crippen LogP contribution in [0.1, 0.15) is 38.8 Å². The fourth-order valence-corrected chi connectivity index (χ4v) is 2.67. The van der Waals surface area contributed by atoms with Gasteiger partial charge in [-0.1, -0.05) is 12.1 Å². The van der Waals surface area contributed by atoms with Crippen LogP contribution in [0.25, 0.3) is 0 Å². The number of carbonyl (C=O) groups excluding carboxylic acids is 2. The zero-order chi connectivity index (χ0) is 17.3. The van der Waals surface area contributed by atoms with Crippen LogP contribution in [0.4, 0.5) is 5.69 Å². The second-order valence-electron chi connectivity index (χ2n) is 5.25. The predicted molar refractivity (Wildman–Crippen MR) is 83.2 cm³/mol. The maximum atomic E-state index is 12.3. The SMILES string of the molecule is COC(=O)c1ccc2c(c1)O[C@@H](c1ccccc1[N+](=O)[O-])CC2=O. The van der Waals surface area contributed by atoms with Gasteiger partial charge in [-0.2, -0.15) is 0 Å². The Hall–Kier alpha value is -3.22. The Morgan fingerprint density at radius 3 is 2.75 bits per heavy atom. The van der Waals surface area contributed by atoms with E-state index in [4.69, 9.17) is 4.74 Å². The zero-order valence-corrected chi connectivity index (χ0v) is 12.7. The van der Waals surface area contributed by atoms with Crippen molar-refractivity contribution < 1.29 is 24.0 Å². The Balaban J connectivity index is 2.01. The first-order valence-corrected chi connectivity index (χ1v) is 7.17. The number of para-hydroxylation sites is 1. The highest BCUT2D eigenvalue weighted by Gasteiger charge is 2.32. The van der Waals surface area contributed by atoms with Crippen LogP contribution in [-0.2, 0) is 4.74 Å². The van der Waals surface area contributed by atoms with E-state index >= 15 is 0 Å². The number of nitrogens with zero attached hydrogens (tertiary/aromatic N) is 1. The molecule has 1 aliphatic rings. The van der Waals surface area contributed by atoms with Gasteiger partial charge in [-0.05, 0) is 24.3 Å². The van der Waals surface area contributed by atoms with Gasteiger partial charge in [0, 0.05) is 6.07 Å². The summed E-state index contributed by atoms with van der Waals surface area (Å²) in [4.78, 5) is 34.6. The van der Waals surface area contributed by atoms with Crippen molar-refractivity contribution >= 4 is 17.4 Å². The standard InChI is InChI=1S/C17H13NO6/c1-23-17(20)10-6-7-12-14(19)9-16(24-15(12)8-10)11-4-2-3-5-13(11)18(21)22/h2-8,16H,9H2,1H3/t16-/m1/s1. The predicted octanol–water partition coefficient (Wildman–Crippen LogP) is 3.09. The molecule has 3 rings (SSSR count). The Bertz CT molecular complexity index is 845. The van der Waals surface area contributed by atoms with Crippen LogP contribution in [0.15, 0.2) is 42.5 Å². The average Bonchev–Trinajstić information content (AvgIpc) is 2.60. The van der Waals surface area contributed by atoms with Gasteiger partial charge in [-0.25, -0.2) is 4.79 Å². The zero-order valence-electron chi connectivity index (χ0n) is 12.7. The largest absolute Gasteiger partial charge is 0.484 e. The minimum absolute atomic E-state index is 0.00454. The summed E-state index contributed by atoms with van der Waals surface area (Å²) < 4.78 is 10.4. The number of benzene rings is 2. The molecule has 122 valence electrons. The van der Waals surface area contributed by atoms with E-state index in [-0.39, 0.29) is 29.2 Å². The molecule has 0 radical (unpaired) electrons. The highest BCUT2D eigenvalue weighted by molar-refractivity contribution is 6.01. The van der Waals surface area contributed by atoms with Crippen LogP contribution >= 0.6 is 0 Å². The first kappa shape index (κ1) is 15.7. The van der Waals surface area contributed by atoms with Crippen molar-refractivity contribution in [1.29, 1.82) is 0 Å². The van der Waals surface area contributed by atoms with Crippen LogP contribution in [0.3, 0.4) is 0 Å². The molecule has 0 N–H and O–H groups in total. The van der Waals surface area contributed by atoms with Gasteiger partial charge in [0.2, 0.25) is 0 Å². The van der Waals surface area contributed by atoms with E-state index in [0.29, 0.717) is 11.1 Å². The van der Waals surface area contributed by atoms with Crippen LogP contribution in [0.2, 0.25) is 0 Å². The van der Waals surface area contributed by atoms with Crippen molar-refractivity contribution in [2.24, 2.45) is 0 Å². The van der Waals surface area contributed by atoms with E-state index in [9.17, 15) is 19.7 Å². The molecule has 1 heterocycles. The molecule has 2 aromatic carbocycles. The number of methoxy groups -OCH3 is 1. The second-order valence-corrected chi connectivity index (χ2v) is 5.25. The number of hydrogen-bond acceptors (Lipinski definition) is 6. The maximum absolute atomic E-state index is 12.3. The van der Waals surface area contributed by atoms with Gasteiger partial charge in [0.15, 0.2) is 5.78 Å². The van der Waals surface area contributed by atoms with E-state index in [2.05, 4.69) is 4.74 Å². The normalized spacial score (nSPS) is 16.0. The molecule has 24 heavy (non-hydrogen) atoms. The molecule has 1 aliphatic heterocycles. The number of Topliss-reactive ketones (excluding diaryl/α,β-unsaturated/α-hetero) is 1. The van der Waals surface area contributed by atoms with Gasteiger partial charge in [-0.15, -0.1) is 0 Å². The van der Waals surface area contributed by atoms with E-state index in [1.54, 1.807) is 18.2 Å². The molecule has 0 saturated carbocycles. The van der Waals surface area contributed by atoms with E-state index in [0.717, 1.165) is 0 Å². The number of fused-ring (bicyclic) bond motifs is 1. The Morgan fingerprint density at radius 2 is 2.04 bits per heavy atom. The van der Waals surface area contributed by atoms with Crippen molar-refractivity contribution in [2.75, 3.05) is 7.11 Å². The minimum atomic E-state index is -0.778. The minimum Gasteiger partial charge on any atom is -0.484 e. The topological polar surface area (TPSA) is 95.7 Å². The monoisotopic (exact) mass is 327 g/mol. The molecule has 2 aromatic rings. The van der Waals surface area contributed by atoms with Gasteiger partial charge in [-0.3, -0.25) is 14.9 Å². The van der Waals surface area contributed by atoms with Crippen molar-refractivity contribution in [2.45, 2.75) is 12.5 Å². The molecule has 0 spiro atoms. The van der Waals surface area contributed by atoms with Crippen molar-refractivity contribution in [3.05, 3.63) is 69.3 Å². The molecular formula is C17H13NO6. The summed E-state index contributed by atoms with van der Waals surface area (Å²) in [5.41, 5.74) is 0.803. The number of ketones is 1. The lowest BCUT2D eigenvalue weighted by molar-refractivity contribution is -0.386. The molecule has 1 atom stereocenters. The van der Waals surface area contributed by atoms with Gasteiger partial charge in [0.05, 0.1) is 35.1 Å². The van der Waals surface area contributed by atoms with Crippen LogP contribution in [-0.4, -0.2) is 23.8 Å². The van der Waals surface area contributed by atoms with E-state index in [1.807, 2.05) is 0 Å². The maximum Gasteiger partial charge on any atom is 0.337 e. The lowest BCUT2D eigenvalue weighted by atomic mass is 9.94. The average molecular weight is 327 g/mol. The van der Waals surface area contributed by atoms with E-state index < -0.39 is 17.0 Å². The lowest BCUT2D eigenvalue weighted by Gasteiger charge is -2.25. The number of esters is 1. The third-order valence-electron chi connectivity index (χ3n) is 3.82. The highest BCUT2D eigenvalue weighted by Crippen LogP contribution is 2.38. The third-order valence-corrected chi connectivity index (χ3v) is 3.82. The number of ether oxygens (including phenoxy) is 2. The molecule has 7 nitrogen and oxygen atoms in total. The number of hydrogen-bond donors (Lipinski definition) is 0. The lowest BCUT2D eigenvalue weighted by Crippen LogP contribution is -2.21. The summed E-state index contributed by atoms with van der Waals surface area (Å²) in [5.74, 6) is -0.533. The summed E-state index contributed by atoms with van der Waals surface area (Å²) in [6.45, 7) is 0. The van der Waals surface area contributed by atoms with Crippen molar-refractivity contribution in [3.63, 3.8) is 0 Å². The second kappa shape index (κ2) is 6.11. The summed E-state index contributed by atoms with van der Waals surface area (Å²) in [6, 6.07) is 10.5. The number of rotatable bonds is 3. The fraction of sp³-hybridized carbons (Fsp3) is 0.176. The Morgan fingerprint density at radius 1 is 1.29 bits per heavy atom. The Labute approximate surface area is 137 Å². The number of nitro groups is 1. The number of nitro benzene ring substituents is 1. The van der Waals surface area contributed by atoms with E-state index in [1.165, 1.54) is 31.4 Å². The molecular weight excluding hydrogens is 314 g/mol. The molecule has 0 aliphatic carbocycles. The molecule has 7 heteroatoms. The van der Waals surface area contributed by atoms with Crippen LogP contribution < -0.4 is 4.74 Å². The summed E-state index contributed by atoms with van der Waals surface area (Å²) in [7, 11) is 1.25. The van der Waals surface area contributed by atoms with Crippen molar-refractivity contribution in [1.82, 2.24) is 0 Å². The first-order valence-electron chi connectivity index (χ1n) is 7.17. The summed E-state index contributed by atoms with van der Waals surface area (Å²) >= 11 is 0. The van der Waals surface area contributed by atoms with Gasteiger partial charge in [0.25, 0.3) is 5.69 Å². The van der Waals surface area contributed by atoms with Crippen LogP contribution in [0.5, 0.6) is 5.75 Å². The molecule has 0 aromatic heterocycles. The van der Waals surface area contributed by atoms with Crippen molar-refractivity contribution in [3.8, 4) is 5.75 Å². The van der Waals surface area contributed by atoms with Crippen LogP contribution in [0, 0.1) is 10.1 Å². The summed E-state index contributed by atoms with van der Waals surface area (Å²) in [6.07, 6.45) is -0.783. The first-order chi connectivity index (χ1) is 11.5. The summed E-state index contributed by atoms with van der Waals surface area (Å²) in [5, 5.41) is 11.2. The number of carbonyl (C=O) groups is 2. The third kappa shape index (κ3) is 2.71.